The average Bonchev–Trinajstić information content (AvgIpc) is 2.25. The summed E-state index contributed by atoms with van der Waals surface area (Å²) in [5, 5.41) is 3.46. The zero-order chi connectivity index (χ0) is 12.0. The largest absolute Gasteiger partial charge is 1.00 e. The van der Waals surface area contributed by atoms with Gasteiger partial charge in [0.05, 0.1) is 4.90 Å². The van der Waals surface area contributed by atoms with Crippen LogP contribution in [0.1, 0.15) is 12.5 Å². The maximum atomic E-state index is 11.6. The van der Waals surface area contributed by atoms with Gasteiger partial charge in [0.2, 0.25) is 0 Å². The summed E-state index contributed by atoms with van der Waals surface area (Å²) in [5.41, 5.74) is 0.997. The molecular formula is C11H13N2NaO2S. The molecule has 6 heteroatoms. The van der Waals surface area contributed by atoms with Crippen LogP contribution in [0, 0.1) is 6.92 Å². The van der Waals surface area contributed by atoms with Gasteiger partial charge >= 0.3 is 29.6 Å². The quantitative estimate of drug-likeness (QED) is 0.421. The fourth-order valence-corrected chi connectivity index (χ4v) is 1.72. The zero-order valence-corrected chi connectivity index (χ0v) is 13.0. The van der Waals surface area contributed by atoms with E-state index in [2.05, 4.69) is 9.93 Å². The minimum absolute atomic E-state index is 0. The summed E-state index contributed by atoms with van der Waals surface area (Å²) in [6, 6.07) is 6.47. The Labute approximate surface area is 124 Å². The van der Waals surface area contributed by atoms with Gasteiger partial charge in [0.15, 0.2) is 0 Å². The molecule has 0 atom stereocenters. The summed E-state index contributed by atoms with van der Waals surface area (Å²) in [6.07, 6.45) is 4.66. The molecule has 1 aromatic carbocycles. The summed E-state index contributed by atoms with van der Waals surface area (Å²) in [6.45, 7) is 3.69. The van der Waals surface area contributed by atoms with Gasteiger partial charge in [-0.05, 0) is 32.1 Å². The molecule has 0 saturated heterocycles. The number of sulfonamides is 1. The summed E-state index contributed by atoms with van der Waals surface area (Å²) < 4.78 is 23.2. The Morgan fingerprint density at radius 1 is 1.24 bits per heavy atom. The Bertz CT molecular complexity index is 493. The maximum absolute atomic E-state index is 11.6. The molecule has 0 spiro atoms. The third-order valence-corrected chi connectivity index (χ3v) is 3.00. The second-order valence-corrected chi connectivity index (χ2v) is 4.74. The van der Waals surface area contributed by atoms with Gasteiger partial charge in [-0.2, -0.15) is 0 Å². The van der Waals surface area contributed by atoms with Crippen LogP contribution in [0.2, 0.25) is 0 Å². The Balaban J connectivity index is 0.00000256. The van der Waals surface area contributed by atoms with Gasteiger partial charge in [-0.1, -0.05) is 23.8 Å². The van der Waals surface area contributed by atoms with Crippen LogP contribution in [0.3, 0.4) is 0 Å². The van der Waals surface area contributed by atoms with Crippen molar-refractivity contribution in [1.29, 1.82) is 0 Å². The molecule has 4 nitrogen and oxygen atoms in total. The Morgan fingerprint density at radius 2 is 1.82 bits per heavy atom. The van der Waals surface area contributed by atoms with Crippen LogP contribution in [0.15, 0.2) is 46.4 Å². The second kappa shape index (κ2) is 7.66. The number of nitrogens with zero attached hydrogens (tertiary/aromatic N) is 2. The summed E-state index contributed by atoms with van der Waals surface area (Å²) in [7, 11) is -3.66. The number of hydrogen-bond acceptors (Lipinski definition) is 3. The van der Waals surface area contributed by atoms with Crippen molar-refractivity contribution in [2.24, 2.45) is 5.10 Å². The van der Waals surface area contributed by atoms with Gasteiger partial charge in [0.1, 0.15) is 10.0 Å². The molecule has 0 radical (unpaired) electrons. The third kappa shape index (κ3) is 5.50. The van der Waals surface area contributed by atoms with Crippen molar-refractivity contribution < 1.29 is 38.0 Å². The smallest absolute Gasteiger partial charge is 0.491 e. The molecule has 0 fully saturated rings. The molecule has 1 aromatic rings. The summed E-state index contributed by atoms with van der Waals surface area (Å²) in [4.78, 5) is 3.43. The molecule has 0 N–H and O–H groups in total. The van der Waals surface area contributed by atoms with Gasteiger partial charge in [-0.15, -0.1) is 0 Å². The number of benzene rings is 1. The molecule has 0 aliphatic heterocycles. The first-order valence-electron chi connectivity index (χ1n) is 4.74. The first kappa shape index (κ1) is 16.4. The van der Waals surface area contributed by atoms with E-state index in [4.69, 9.17) is 0 Å². The minimum Gasteiger partial charge on any atom is -0.491 e. The molecule has 86 valence electrons. The molecule has 17 heavy (non-hydrogen) atoms. The molecule has 0 aromatic heterocycles. The van der Waals surface area contributed by atoms with Gasteiger partial charge in [0.25, 0.3) is 0 Å². The third-order valence-electron chi connectivity index (χ3n) is 1.82. The van der Waals surface area contributed by atoms with E-state index in [1.165, 1.54) is 18.3 Å². The SMILES string of the molecule is C/C=C/C=N/[N-]S(=O)(=O)c1ccc(C)cc1.[Na+]. The topological polar surface area (TPSA) is 60.6 Å². The number of allylic oxidation sites excluding steroid dienone is 2. The van der Waals surface area contributed by atoms with E-state index in [9.17, 15) is 8.42 Å². The van der Waals surface area contributed by atoms with E-state index in [-0.39, 0.29) is 34.5 Å². The van der Waals surface area contributed by atoms with Crippen LogP contribution in [0.5, 0.6) is 0 Å². The predicted molar refractivity (Wildman–Crippen MR) is 65.0 cm³/mol. The fraction of sp³-hybridized carbons (Fsp3) is 0.182. The van der Waals surface area contributed by atoms with Gasteiger partial charge < -0.3 is 9.93 Å². The molecule has 1 rings (SSSR count). The van der Waals surface area contributed by atoms with E-state index < -0.39 is 10.0 Å². The average molecular weight is 260 g/mol. The van der Waals surface area contributed by atoms with E-state index in [0.717, 1.165) is 5.56 Å². The Morgan fingerprint density at radius 3 is 2.35 bits per heavy atom. The van der Waals surface area contributed by atoms with Crippen molar-refractivity contribution in [1.82, 2.24) is 0 Å². The first-order valence-corrected chi connectivity index (χ1v) is 6.18. The van der Waals surface area contributed by atoms with Crippen molar-refractivity contribution >= 4 is 16.2 Å². The standard InChI is InChI=1S/C11H13N2O2S.Na/c1-3-4-9-12-13-16(14,15)11-7-5-10(2)6-8-11;/h3-9H,1-2H3;/q-1;+1/b4-3+,12-9+;. The van der Waals surface area contributed by atoms with E-state index >= 15 is 0 Å². The summed E-state index contributed by atoms with van der Waals surface area (Å²) in [5.74, 6) is 0. The van der Waals surface area contributed by atoms with Crippen molar-refractivity contribution in [3.05, 3.63) is 46.8 Å². The number of aryl methyl sites for hydroxylation is 1. The number of rotatable bonds is 4. The minimum atomic E-state index is -3.66. The van der Waals surface area contributed by atoms with Gasteiger partial charge in [-0.3, -0.25) is 0 Å². The van der Waals surface area contributed by atoms with Crippen LogP contribution in [0.4, 0.5) is 0 Å². The van der Waals surface area contributed by atoms with Crippen molar-refractivity contribution in [2.45, 2.75) is 18.7 Å². The maximum Gasteiger partial charge on any atom is 1.00 e. The molecule has 0 bridgehead atoms. The zero-order valence-electron chi connectivity index (χ0n) is 10.2. The predicted octanol–water partition coefficient (Wildman–Crippen LogP) is -0.377. The van der Waals surface area contributed by atoms with Crippen molar-refractivity contribution in [3.63, 3.8) is 0 Å². The van der Waals surface area contributed by atoms with Crippen LogP contribution in [0.25, 0.3) is 4.83 Å². The Kier molecular flexibility index (Phi) is 7.38. The molecule has 0 aliphatic rings. The van der Waals surface area contributed by atoms with Gasteiger partial charge in [-0.25, -0.2) is 8.42 Å². The van der Waals surface area contributed by atoms with Crippen LogP contribution >= 0.6 is 0 Å². The summed E-state index contributed by atoms with van der Waals surface area (Å²) >= 11 is 0. The monoisotopic (exact) mass is 260 g/mol. The molecular weight excluding hydrogens is 247 g/mol. The first-order chi connectivity index (χ1) is 7.56. The molecule has 0 unspecified atom stereocenters. The van der Waals surface area contributed by atoms with Crippen LogP contribution < -0.4 is 29.6 Å². The van der Waals surface area contributed by atoms with E-state index in [1.54, 1.807) is 31.2 Å². The molecule has 0 aliphatic carbocycles. The van der Waals surface area contributed by atoms with Crippen LogP contribution in [-0.4, -0.2) is 14.6 Å². The fourth-order valence-electron chi connectivity index (χ4n) is 0.971. The normalized spacial score (nSPS) is 11.6. The second-order valence-electron chi connectivity index (χ2n) is 3.16. The van der Waals surface area contributed by atoms with Crippen molar-refractivity contribution in [2.75, 3.05) is 0 Å². The molecule has 0 saturated carbocycles. The van der Waals surface area contributed by atoms with E-state index in [1.807, 2.05) is 6.92 Å². The number of hydrogen-bond donors (Lipinski definition) is 0. The molecule has 0 heterocycles. The molecule has 0 amide bonds. The Hall–Kier alpha value is -0.620. The van der Waals surface area contributed by atoms with Crippen LogP contribution in [-0.2, 0) is 10.0 Å². The van der Waals surface area contributed by atoms with Gasteiger partial charge in [0, 0.05) is 6.21 Å². The van der Waals surface area contributed by atoms with Crippen molar-refractivity contribution in [3.8, 4) is 0 Å². The van der Waals surface area contributed by atoms with E-state index in [0.29, 0.717) is 0 Å².